The summed E-state index contributed by atoms with van der Waals surface area (Å²) in [7, 11) is 5.24. The van der Waals surface area contributed by atoms with Crippen molar-refractivity contribution in [3.05, 3.63) is 0 Å². The summed E-state index contributed by atoms with van der Waals surface area (Å²) in [5, 5.41) is 2.61. The van der Waals surface area contributed by atoms with Crippen molar-refractivity contribution in [2.75, 3.05) is 18.1 Å². The van der Waals surface area contributed by atoms with E-state index in [1.54, 1.807) is 31.4 Å². The van der Waals surface area contributed by atoms with Crippen LogP contribution in [0.2, 0.25) is 0 Å². The maximum absolute atomic E-state index is 11.0. The zero-order valence-electron chi connectivity index (χ0n) is 6.74. The van der Waals surface area contributed by atoms with E-state index >= 15 is 0 Å². The molecule has 1 fully saturated rings. The summed E-state index contributed by atoms with van der Waals surface area (Å²) in [4.78, 5) is 11.0. The molecule has 3 nitrogen and oxygen atoms in total. The minimum atomic E-state index is -0.296. The van der Waals surface area contributed by atoms with E-state index in [0.29, 0.717) is 6.54 Å². The summed E-state index contributed by atoms with van der Waals surface area (Å²) in [5.74, 6) is 1.80. The largest absolute Gasteiger partial charge is 0.444 e. The Balaban J connectivity index is 2.15. The van der Waals surface area contributed by atoms with Crippen LogP contribution in [0, 0.1) is 0 Å². The lowest BCUT2D eigenvalue weighted by Crippen LogP contribution is -2.31. The van der Waals surface area contributed by atoms with Crippen LogP contribution in [0.15, 0.2) is 0 Å². The van der Waals surface area contributed by atoms with Gasteiger partial charge in [0.1, 0.15) is 6.10 Å². The van der Waals surface area contributed by atoms with E-state index in [-0.39, 0.29) is 12.2 Å². The number of rotatable bonds is 2. The molecule has 6 heteroatoms. The van der Waals surface area contributed by atoms with Crippen LogP contribution in [0.3, 0.4) is 0 Å². The predicted octanol–water partition coefficient (Wildman–Crippen LogP) is 2.14. The third-order valence-electron chi connectivity index (χ3n) is 1.20. The first kappa shape index (κ1) is 10.4. The second-order valence-electron chi connectivity index (χ2n) is 2.19. The fourth-order valence-corrected chi connectivity index (χ4v) is 4.76. The number of carbonyl (C=O) groups excluding carboxylic acids is 1. The lowest BCUT2D eigenvalue weighted by atomic mass is 10.5. The molecular weight excluding hydrogens is 214 g/mol. The molecule has 0 radical (unpaired) electrons. The van der Waals surface area contributed by atoms with Crippen LogP contribution in [0.1, 0.15) is 6.92 Å². The first-order valence-corrected chi connectivity index (χ1v) is 7.50. The van der Waals surface area contributed by atoms with Gasteiger partial charge in [0.2, 0.25) is 0 Å². The maximum atomic E-state index is 11.0. The molecule has 0 aromatic heterocycles. The maximum Gasteiger partial charge on any atom is 0.407 e. The fraction of sp³-hybridized carbons (Fsp3) is 0.833. The normalized spacial score (nSPS) is 18.8. The molecular formula is C6H11NO2S3. The van der Waals surface area contributed by atoms with Gasteiger partial charge in [-0.2, -0.15) is 0 Å². The van der Waals surface area contributed by atoms with Crippen molar-refractivity contribution in [2.24, 2.45) is 0 Å². The van der Waals surface area contributed by atoms with E-state index in [9.17, 15) is 4.79 Å². The number of hydrogen-bond acceptors (Lipinski definition) is 5. The van der Waals surface area contributed by atoms with Crippen molar-refractivity contribution in [3.8, 4) is 0 Å². The van der Waals surface area contributed by atoms with Crippen LogP contribution >= 0.6 is 31.4 Å². The first-order valence-electron chi connectivity index (χ1n) is 3.68. The van der Waals surface area contributed by atoms with Gasteiger partial charge in [-0.15, -0.1) is 0 Å². The summed E-state index contributed by atoms with van der Waals surface area (Å²) in [6.45, 7) is 2.50. The third kappa shape index (κ3) is 3.82. The van der Waals surface area contributed by atoms with Gasteiger partial charge in [-0.1, -0.05) is 21.6 Å². The van der Waals surface area contributed by atoms with Gasteiger partial charge in [-0.3, -0.25) is 0 Å². The highest BCUT2D eigenvalue weighted by molar-refractivity contribution is 9.09. The van der Waals surface area contributed by atoms with Crippen LogP contribution in [0.25, 0.3) is 0 Å². The highest BCUT2D eigenvalue weighted by atomic mass is 33.5. The Labute approximate surface area is 83.6 Å². The SMILES string of the molecule is CCNC(=O)OC1CSSSC1. The molecule has 1 aliphatic heterocycles. The number of hydrogen-bond donors (Lipinski definition) is 1. The standard InChI is InChI=1S/C6H11NO2S3/c1-2-7-6(8)9-5-3-10-12-11-4-5/h5H,2-4H2,1H3,(H,7,8). The smallest absolute Gasteiger partial charge is 0.407 e. The number of nitrogens with one attached hydrogen (secondary N) is 1. The Morgan fingerprint density at radius 2 is 2.25 bits per heavy atom. The Hall–Kier alpha value is 0.320. The Bertz CT molecular complexity index is 150. The van der Waals surface area contributed by atoms with Gasteiger partial charge in [-0.05, 0) is 16.7 Å². The quantitative estimate of drug-likeness (QED) is 0.729. The molecule has 0 bridgehead atoms. The van der Waals surface area contributed by atoms with E-state index in [1.165, 1.54) is 0 Å². The van der Waals surface area contributed by atoms with Gasteiger partial charge in [0.25, 0.3) is 0 Å². The molecule has 1 saturated heterocycles. The van der Waals surface area contributed by atoms with Crippen LogP contribution < -0.4 is 5.32 Å². The lowest BCUT2D eigenvalue weighted by molar-refractivity contribution is 0.120. The topological polar surface area (TPSA) is 38.3 Å². The minimum absolute atomic E-state index is 0.0767. The van der Waals surface area contributed by atoms with E-state index in [1.807, 2.05) is 6.92 Å². The van der Waals surface area contributed by atoms with Gasteiger partial charge in [-0.25, -0.2) is 4.79 Å². The summed E-state index contributed by atoms with van der Waals surface area (Å²) in [5.41, 5.74) is 0. The molecule has 0 saturated carbocycles. The van der Waals surface area contributed by atoms with E-state index in [2.05, 4.69) is 5.32 Å². The minimum Gasteiger partial charge on any atom is -0.444 e. The Kier molecular flexibility index (Phi) is 5.10. The highest BCUT2D eigenvalue weighted by Gasteiger charge is 2.18. The Morgan fingerprint density at radius 3 is 2.83 bits per heavy atom. The number of ether oxygens (including phenoxy) is 1. The molecule has 0 aliphatic carbocycles. The summed E-state index contributed by atoms with van der Waals surface area (Å²) in [6.07, 6.45) is -0.219. The molecule has 1 heterocycles. The number of carbonyl (C=O) groups is 1. The van der Waals surface area contributed by atoms with Crippen LogP contribution in [0.4, 0.5) is 4.79 Å². The molecule has 0 aromatic rings. The second kappa shape index (κ2) is 5.88. The number of alkyl carbamates (subject to hydrolysis) is 1. The van der Waals surface area contributed by atoms with E-state index in [0.717, 1.165) is 11.5 Å². The average Bonchev–Trinajstić information content (AvgIpc) is 2.06. The van der Waals surface area contributed by atoms with Crippen molar-refractivity contribution >= 4 is 37.5 Å². The molecule has 1 N–H and O–H groups in total. The molecule has 0 unspecified atom stereocenters. The molecule has 0 aromatic carbocycles. The second-order valence-corrected chi connectivity index (χ2v) is 6.52. The fourth-order valence-electron chi connectivity index (χ4n) is 0.695. The number of amides is 1. The summed E-state index contributed by atoms with van der Waals surface area (Å²) < 4.78 is 5.13. The molecule has 1 aliphatic rings. The summed E-state index contributed by atoms with van der Waals surface area (Å²) in [6, 6.07) is 0. The molecule has 0 spiro atoms. The van der Waals surface area contributed by atoms with Crippen LogP contribution in [0.5, 0.6) is 0 Å². The van der Waals surface area contributed by atoms with Crippen molar-refractivity contribution < 1.29 is 9.53 Å². The molecule has 12 heavy (non-hydrogen) atoms. The van der Waals surface area contributed by atoms with Crippen molar-refractivity contribution in [2.45, 2.75) is 13.0 Å². The van der Waals surface area contributed by atoms with Crippen molar-refractivity contribution in [3.63, 3.8) is 0 Å². The van der Waals surface area contributed by atoms with Gasteiger partial charge in [0, 0.05) is 18.1 Å². The highest BCUT2D eigenvalue weighted by Crippen LogP contribution is 2.40. The zero-order chi connectivity index (χ0) is 8.81. The summed E-state index contributed by atoms with van der Waals surface area (Å²) >= 11 is 0. The molecule has 1 rings (SSSR count). The Morgan fingerprint density at radius 1 is 1.58 bits per heavy atom. The van der Waals surface area contributed by atoms with Crippen LogP contribution in [-0.2, 0) is 4.74 Å². The molecule has 1 amide bonds. The van der Waals surface area contributed by atoms with Gasteiger partial charge >= 0.3 is 6.09 Å². The van der Waals surface area contributed by atoms with Gasteiger partial charge < -0.3 is 10.1 Å². The van der Waals surface area contributed by atoms with Crippen LogP contribution in [-0.4, -0.2) is 30.2 Å². The molecule has 70 valence electrons. The van der Waals surface area contributed by atoms with Crippen molar-refractivity contribution in [1.29, 1.82) is 0 Å². The van der Waals surface area contributed by atoms with Crippen molar-refractivity contribution in [1.82, 2.24) is 5.32 Å². The van der Waals surface area contributed by atoms with Gasteiger partial charge in [0.15, 0.2) is 0 Å². The zero-order valence-corrected chi connectivity index (χ0v) is 9.19. The van der Waals surface area contributed by atoms with E-state index < -0.39 is 0 Å². The monoisotopic (exact) mass is 225 g/mol. The lowest BCUT2D eigenvalue weighted by Gasteiger charge is -2.19. The average molecular weight is 225 g/mol. The molecule has 0 atom stereocenters. The first-order chi connectivity index (χ1) is 5.83. The third-order valence-corrected chi connectivity index (χ3v) is 5.53. The van der Waals surface area contributed by atoms with E-state index in [4.69, 9.17) is 4.74 Å². The van der Waals surface area contributed by atoms with Gasteiger partial charge in [0.05, 0.1) is 0 Å². The predicted molar refractivity (Wildman–Crippen MR) is 56.5 cm³/mol.